The first-order valence-corrected chi connectivity index (χ1v) is 4.69. The van der Waals surface area contributed by atoms with Crippen molar-refractivity contribution >= 4 is 17.3 Å². The SMILES string of the molecule is O=C1CCN(c2[nH]ncc2[N+](=O)[O-])CC1F. The number of anilines is 1. The third kappa shape index (κ3) is 1.73. The molecule has 0 aromatic carbocycles. The molecule has 0 aliphatic carbocycles. The lowest BCUT2D eigenvalue weighted by Crippen LogP contribution is -2.42. The number of carbonyl (C=O) groups is 1. The van der Waals surface area contributed by atoms with Crippen molar-refractivity contribution in [3.05, 3.63) is 16.3 Å². The second-order valence-electron chi connectivity index (χ2n) is 3.49. The summed E-state index contributed by atoms with van der Waals surface area (Å²) in [4.78, 5) is 22.4. The molecular weight excluding hydrogens is 219 g/mol. The van der Waals surface area contributed by atoms with Crippen LogP contribution >= 0.6 is 0 Å². The third-order valence-corrected chi connectivity index (χ3v) is 2.47. The Balaban J connectivity index is 2.21. The van der Waals surface area contributed by atoms with E-state index in [4.69, 9.17) is 0 Å². The first-order valence-electron chi connectivity index (χ1n) is 4.69. The normalized spacial score (nSPS) is 21.2. The van der Waals surface area contributed by atoms with Crippen LogP contribution in [0.1, 0.15) is 6.42 Å². The Labute approximate surface area is 89.4 Å². The van der Waals surface area contributed by atoms with Gasteiger partial charge in [0.05, 0.1) is 11.5 Å². The van der Waals surface area contributed by atoms with Gasteiger partial charge >= 0.3 is 5.69 Å². The fourth-order valence-corrected chi connectivity index (χ4v) is 1.63. The number of ketones is 1. The molecule has 1 saturated heterocycles. The van der Waals surface area contributed by atoms with E-state index in [0.717, 1.165) is 6.20 Å². The minimum atomic E-state index is -1.59. The van der Waals surface area contributed by atoms with E-state index in [9.17, 15) is 19.3 Å². The highest BCUT2D eigenvalue weighted by Gasteiger charge is 2.31. The van der Waals surface area contributed by atoms with Gasteiger partial charge in [-0.3, -0.25) is 20.0 Å². The summed E-state index contributed by atoms with van der Waals surface area (Å²) >= 11 is 0. The number of aromatic nitrogens is 2. The van der Waals surface area contributed by atoms with E-state index in [2.05, 4.69) is 10.2 Å². The van der Waals surface area contributed by atoms with Crippen molar-refractivity contribution in [2.45, 2.75) is 12.6 Å². The second kappa shape index (κ2) is 3.87. The lowest BCUT2D eigenvalue weighted by Gasteiger charge is -2.27. The standard InChI is InChI=1S/C8H9FN4O3/c9-5-4-12(2-1-7(5)14)8-6(13(15)16)3-10-11-8/h3,5H,1-2,4H2,(H,10,11). The maximum absolute atomic E-state index is 13.2. The molecule has 1 unspecified atom stereocenters. The molecule has 2 rings (SSSR count). The summed E-state index contributed by atoms with van der Waals surface area (Å²) in [7, 11) is 0. The van der Waals surface area contributed by atoms with Gasteiger partial charge in [-0.15, -0.1) is 0 Å². The van der Waals surface area contributed by atoms with E-state index < -0.39 is 16.9 Å². The number of Topliss-reactive ketones (excluding diaryl/α,β-unsaturated/α-hetero) is 1. The summed E-state index contributed by atoms with van der Waals surface area (Å²) in [5, 5.41) is 16.6. The lowest BCUT2D eigenvalue weighted by atomic mass is 10.1. The molecular formula is C8H9FN4O3. The number of hydrogen-bond donors (Lipinski definition) is 1. The van der Waals surface area contributed by atoms with E-state index in [1.165, 1.54) is 4.90 Å². The van der Waals surface area contributed by atoms with Crippen LogP contribution in [-0.4, -0.2) is 40.2 Å². The number of H-pyrrole nitrogens is 1. The molecule has 1 aromatic rings. The first kappa shape index (κ1) is 10.5. The molecule has 86 valence electrons. The average molecular weight is 228 g/mol. The molecule has 8 heteroatoms. The van der Waals surface area contributed by atoms with Gasteiger partial charge in [0.25, 0.3) is 0 Å². The van der Waals surface area contributed by atoms with Crippen LogP contribution < -0.4 is 4.90 Å². The lowest BCUT2D eigenvalue weighted by molar-refractivity contribution is -0.384. The monoisotopic (exact) mass is 228 g/mol. The molecule has 16 heavy (non-hydrogen) atoms. The summed E-state index contributed by atoms with van der Waals surface area (Å²) in [6, 6.07) is 0. The van der Waals surface area contributed by atoms with Crippen molar-refractivity contribution in [3.63, 3.8) is 0 Å². The smallest absolute Gasteiger partial charge is 0.330 e. The molecule has 0 radical (unpaired) electrons. The van der Waals surface area contributed by atoms with Crippen LogP contribution in [0.15, 0.2) is 6.20 Å². The fourth-order valence-electron chi connectivity index (χ4n) is 1.63. The van der Waals surface area contributed by atoms with Crippen LogP contribution in [0.5, 0.6) is 0 Å². The molecule has 1 aliphatic heterocycles. The number of carbonyl (C=O) groups excluding carboxylic acids is 1. The van der Waals surface area contributed by atoms with Crippen LogP contribution in [0.3, 0.4) is 0 Å². The zero-order chi connectivity index (χ0) is 11.7. The van der Waals surface area contributed by atoms with Crippen LogP contribution in [-0.2, 0) is 4.79 Å². The van der Waals surface area contributed by atoms with Gasteiger partial charge in [-0.25, -0.2) is 4.39 Å². The summed E-state index contributed by atoms with van der Waals surface area (Å²) in [6.07, 6.45) is -0.465. The number of nitro groups is 1. The van der Waals surface area contributed by atoms with Gasteiger partial charge in [-0.2, -0.15) is 5.10 Å². The predicted octanol–water partition coefficient (Wildman–Crippen LogP) is 0.435. The minimum absolute atomic E-state index is 0.0529. The Morgan fingerprint density at radius 2 is 2.44 bits per heavy atom. The first-order chi connectivity index (χ1) is 7.59. The maximum atomic E-state index is 13.2. The molecule has 0 amide bonds. The Kier molecular flexibility index (Phi) is 2.55. The molecule has 0 spiro atoms. The summed E-state index contributed by atoms with van der Waals surface area (Å²) in [5.41, 5.74) is -0.207. The number of nitrogens with one attached hydrogen (secondary N) is 1. The van der Waals surface area contributed by atoms with Gasteiger partial charge in [-0.05, 0) is 0 Å². The third-order valence-electron chi connectivity index (χ3n) is 2.47. The number of nitrogens with zero attached hydrogens (tertiary/aromatic N) is 3. The van der Waals surface area contributed by atoms with E-state index in [0.29, 0.717) is 0 Å². The number of halogens is 1. The largest absolute Gasteiger partial charge is 0.347 e. The highest BCUT2D eigenvalue weighted by Crippen LogP contribution is 2.27. The number of alkyl halides is 1. The Morgan fingerprint density at radius 3 is 3.06 bits per heavy atom. The van der Waals surface area contributed by atoms with Gasteiger partial charge in [0, 0.05) is 13.0 Å². The molecule has 7 nitrogen and oxygen atoms in total. The predicted molar refractivity (Wildman–Crippen MR) is 52.0 cm³/mol. The van der Waals surface area contributed by atoms with Crippen LogP contribution in [0.2, 0.25) is 0 Å². The molecule has 1 atom stereocenters. The quantitative estimate of drug-likeness (QED) is 0.585. The number of hydrogen-bond acceptors (Lipinski definition) is 5. The van der Waals surface area contributed by atoms with Crippen molar-refractivity contribution in [1.29, 1.82) is 0 Å². The Bertz CT molecular complexity index is 433. The molecule has 2 heterocycles. The topological polar surface area (TPSA) is 92.1 Å². The molecule has 0 saturated carbocycles. The summed E-state index contributed by atoms with van der Waals surface area (Å²) in [5.74, 6) is -0.307. The van der Waals surface area contributed by atoms with Gasteiger partial charge in [0.1, 0.15) is 6.20 Å². The molecule has 1 N–H and O–H groups in total. The number of piperidine rings is 1. The highest BCUT2D eigenvalue weighted by molar-refractivity contribution is 5.85. The van der Waals surface area contributed by atoms with Crippen molar-refractivity contribution in [1.82, 2.24) is 10.2 Å². The number of rotatable bonds is 2. The highest BCUT2D eigenvalue weighted by atomic mass is 19.1. The van der Waals surface area contributed by atoms with E-state index >= 15 is 0 Å². The van der Waals surface area contributed by atoms with Crippen molar-refractivity contribution in [3.8, 4) is 0 Å². The zero-order valence-corrected chi connectivity index (χ0v) is 8.22. The average Bonchev–Trinajstić information content (AvgIpc) is 2.71. The second-order valence-corrected chi connectivity index (χ2v) is 3.49. The van der Waals surface area contributed by atoms with Gasteiger partial charge in [0.2, 0.25) is 5.82 Å². The van der Waals surface area contributed by atoms with Gasteiger partial charge in [-0.1, -0.05) is 0 Å². The van der Waals surface area contributed by atoms with E-state index in [1.54, 1.807) is 0 Å². The van der Waals surface area contributed by atoms with Crippen molar-refractivity contribution in [2.24, 2.45) is 0 Å². The van der Waals surface area contributed by atoms with Crippen molar-refractivity contribution in [2.75, 3.05) is 18.0 Å². The fraction of sp³-hybridized carbons (Fsp3) is 0.500. The van der Waals surface area contributed by atoms with Crippen molar-refractivity contribution < 1.29 is 14.1 Å². The van der Waals surface area contributed by atoms with E-state index in [1.807, 2.05) is 0 Å². The summed E-state index contributed by atoms with van der Waals surface area (Å²) < 4.78 is 13.2. The molecule has 1 aromatic heterocycles. The van der Waals surface area contributed by atoms with Gasteiger partial charge < -0.3 is 4.90 Å². The van der Waals surface area contributed by atoms with Crippen LogP contribution in [0.25, 0.3) is 0 Å². The van der Waals surface area contributed by atoms with E-state index in [-0.39, 0.29) is 31.0 Å². The Hall–Kier alpha value is -1.99. The van der Waals surface area contributed by atoms with Crippen LogP contribution in [0, 0.1) is 10.1 Å². The molecule has 1 fully saturated rings. The number of aromatic amines is 1. The van der Waals surface area contributed by atoms with Gasteiger partial charge in [0.15, 0.2) is 12.0 Å². The maximum Gasteiger partial charge on any atom is 0.330 e. The van der Waals surface area contributed by atoms with Crippen LogP contribution in [0.4, 0.5) is 15.9 Å². The summed E-state index contributed by atoms with van der Waals surface area (Å²) in [6.45, 7) is 0.101. The Morgan fingerprint density at radius 1 is 1.69 bits per heavy atom. The molecule has 1 aliphatic rings. The zero-order valence-electron chi connectivity index (χ0n) is 8.22. The molecule has 0 bridgehead atoms. The minimum Gasteiger partial charge on any atom is -0.347 e.